The van der Waals surface area contributed by atoms with Gasteiger partial charge in [0.25, 0.3) is 0 Å². The molecule has 1 rings (SSSR count). The van der Waals surface area contributed by atoms with Crippen molar-refractivity contribution in [2.24, 2.45) is 0 Å². The number of carbonyl (C=O) groups excluding carboxylic acids is 1. The number of likely N-dealkylation sites (tertiary alicyclic amines) is 1. The fourth-order valence-electron chi connectivity index (χ4n) is 1.54. The zero-order valence-corrected chi connectivity index (χ0v) is 7.94. The minimum absolute atomic E-state index is 0.0360. The van der Waals surface area contributed by atoms with Crippen LogP contribution >= 0.6 is 0 Å². The molecule has 2 nitrogen and oxygen atoms in total. The lowest BCUT2D eigenvalue weighted by Crippen LogP contribution is -2.52. The highest BCUT2D eigenvalue weighted by molar-refractivity contribution is 5.84. The van der Waals surface area contributed by atoms with E-state index in [4.69, 9.17) is 0 Å². The fraction of sp³-hybridized carbons (Fsp3) is 0.875. The lowest BCUT2D eigenvalue weighted by atomic mass is 10.2. The summed E-state index contributed by atoms with van der Waals surface area (Å²) in [4.78, 5) is 11.6. The van der Waals surface area contributed by atoms with Crippen LogP contribution in [0.2, 0.25) is 0 Å². The maximum atomic E-state index is 12.6. The molecule has 0 aromatic heterocycles. The average molecular weight is 231 g/mol. The molecule has 1 aliphatic rings. The third kappa shape index (κ3) is 2.05. The topological polar surface area (TPSA) is 20.3 Å². The standard InChI is InChI=1S/C8H10F5NO/c1-5-3-2-4-14(5)6(15)7(9,10)8(11,12)13/h5H,2-4H2,1H3. The van der Waals surface area contributed by atoms with E-state index < -0.39 is 24.0 Å². The van der Waals surface area contributed by atoms with E-state index in [0.717, 1.165) is 0 Å². The Kier molecular flexibility index (Phi) is 2.93. The second-order valence-electron chi connectivity index (χ2n) is 3.56. The Morgan fingerprint density at radius 1 is 1.27 bits per heavy atom. The second-order valence-corrected chi connectivity index (χ2v) is 3.56. The van der Waals surface area contributed by atoms with E-state index in [1.165, 1.54) is 6.92 Å². The molecule has 15 heavy (non-hydrogen) atoms. The van der Waals surface area contributed by atoms with Crippen molar-refractivity contribution in [2.45, 2.75) is 37.9 Å². The number of amides is 1. The smallest absolute Gasteiger partial charge is 0.334 e. The molecule has 0 N–H and O–H groups in total. The Bertz CT molecular complexity index is 262. The van der Waals surface area contributed by atoms with Crippen molar-refractivity contribution in [3.63, 3.8) is 0 Å². The van der Waals surface area contributed by atoms with Crippen LogP contribution in [-0.4, -0.2) is 35.5 Å². The van der Waals surface area contributed by atoms with Crippen LogP contribution in [0.15, 0.2) is 0 Å². The summed E-state index contributed by atoms with van der Waals surface area (Å²) in [7, 11) is 0. The monoisotopic (exact) mass is 231 g/mol. The molecule has 1 aliphatic heterocycles. The third-order valence-corrected chi connectivity index (χ3v) is 2.44. The zero-order valence-electron chi connectivity index (χ0n) is 7.94. The quantitative estimate of drug-likeness (QED) is 0.633. The first-order valence-electron chi connectivity index (χ1n) is 4.43. The van der Waals surface area contributed by atoms with E-state index in [9.17, 15) is 26.7 Å². The van der Waals surface area contributed by atoms with Crippen LogP contribution in [0.3, 0.4) is 0 Å². The van der Waals surface area contributed by atoms with Gasteiger partial charge in [-0.2, -0.15) is 22.0 Å². The van der Waals surface area contributed by atoms with Gasteiger partial charge in [0.2, 0.25) is 0 Å². The predicted molar refractivity (Wildman–Crippen MR) is 41.4 cm³/mol. The van der Waals surface area contributed by atoms with E-state index in [2.05, 4.69) is 0 Å². The third-order valence-electron chi connectivity index (χ3n) is 2.44. The highest BCUT2D eigenvalue weighted by Gasteiger charge is 2.65. The van der Waals surface area contributed by atoms with Crippen LogP contribution in [0.25, 0.3) is 0 Å². The molecule has 0 spiro atoms. The van der Waals surface area contributed by atoms with Crippen molar-refractivity contribution in [2.75, 3.05) is 6.54 Å². The molecule has 0 aromatic carbocycles. The number of halogens is 5. The number of carbonyl (C=O) groups is 1. The summed E-state index contributed by atoms with van der Waals surface area (Å²) in [6, 6.07) is -0.550. The molecule has 1 atom stereocenters. The Morgan fingerprint density at radius 2 is 1.80 bits per heavy atom. The van der Waals surface area contributed by atoms with Crippen molar-refractivity contribution in [1.82, 2.24) is 4.90 Å². The molecule has 1 heterocycles. The van der Waals surface area contributed by atoms with E-state index in [-0.39, 0.29) is 6.54 Å². The summed E-state index contributed by atoms with van der Waals surface area (Å²) in [5.41, 5.74) is 0. The minimum Gasteiger partial charge on any atom is -0.334 e. The van der Waals surface area contributed by atoms with Gasteiger partial charge in [-0.3, -0.25) is 4.79 Å². The van der Waals surface area contributed by atoms with Gasteiger partial charge in [-0.25, -0.2) is 0 Å². The number of hydrogen-bond donors (Lipinski definition) is 0. The van der Waals surface area contributed by atoms with E-state index in [0.29, 0.717) is 17.7 Å². The molecule has 1 amide bonds. The Labute approximate surface area is 83.0 Å². The largest absolute Gasteiger partial charge is 0.463 e. The summed E-state index contributed by atoms with van der Waals surface area (Å²) in [5.74, 6) is -7.41. The molecule has 0 bridgehead atoms. The molecule has 0 aromatic rings. The molecule has 0 saturated carbocycles. The number of alkyl halides is 5. The fourth-order valence-corrected chi connectivity index (χ4v) is 1.54. The molecule has 7 heteroatoms. The van der Waals surface area contributed by atoms with Gasteiger partial charge in [0.15, 0.2) is 0 Å². The summed E-state index contributed by atoms with van der Waals surface area (Å²) >= 11 is 0. The van der Waals surface area contributed by atoms with Gasteiger partial charge in [-0.15, -0.1) is 0 Å². The van der Waals surface area contributed by atoms with E-state index >= 15 is 0 Å². The summed E-state index contributed by atoms with van der Waals surface area (Å²) in [6.07, 6.45) is -4.90. The lowest BCUT2D eigenvalue weighted by molar-refractivity contribution is -0.274. The van der Waals surface area contributed by atoms with E-state index in [1.807, 2.05) is 0 Å². The first-order chi connectivity index (χ1) is 6.68. The van der Waals surface area contributed by atoms with Crippen LogP contribution in [-0.2, 0) is 4.79 Å². The van der Waals surface area contributed by atoms with Crippen LogP contribution in [0.4, 0.5) is 22.0 Å². The zero-order chi connectivity index (χ0) is 11.9. The molecule has 0 radical (unpaired) electrons. The van der Waals surface area contributed by atoms with Gasteiger partial charge in [-0.1, -0.05) is 0 Å². The SMILES string of the molecule is CC1CCCN1C(=O)C(F)(F)C(F)(F)F. The first-order valence-corrected chi connectivity index (χ1v) is 4.43. The lowest BCUT2D eigenvalue weighted by Gasteiger charge is -2.27. The highest BCUT2D eigenvalue weighted by Crippen LogP contribution is 2.38. The summed E-state index contributed by atoms with van der Waals surface area (Å²) < 4.78 is 60.9. The first kappa shape index (κ1) is 12.2. The maximum absolute atomic E-state index is 12.6. The summed E-state index contributed by atoms with van der Waals surface area (Å²) in [5, 5.41) is 0. The predicted octanol–water partition coefficient (Wildman–Crippen LogP) is 2.19. The van der Waals surface area contributed by atoms with Crippen molar-refractivity contribution in [3.05, 3.63) is 0 Å². The second kappa shape index (κ2) is 3.61. The van der Waals surface area contributed by atoms with Crippen LogP contribution in [0.1, 0.15) is 19.8 Å². The molecule has 1 fully saturated rings. The van der Waals surface area contributed by atoms with Gasteiger partial charge in [0, 0.05) is 12.6 Å². The summed E-state index contributed by atoms with van der Waals surface area (Å²) in [6.45, 7) is 1.42. The molecule has 1 saturated heterocycles. The van der Waals surface area contributed by atoms with Gasteiger partial charge >= 0.3 is 18.0 Å². The molecule has 1 unspecified atom stereocenters. The Balaban J connectivity index is 2.84. The number of rotatable bonds is 1. The Hall–Kier alpha value is -0.880. The van der Waals surface area contributed by atoms with Crippen LogP contribution in [0.5, 0.6) is 0 Å². The normalized spacial score (nSPS) is 23.3. The molecular formula is C8H10F5NO. The van der Waals surface area contributed by atoms with Gasteiger partial charge in [-0.05, 0) is 19.8 Å². The average Bonchev–Trinajstić information content (AvgIpc) is 2.48. The van der Waals surface area contributed by atoms with Crippen molar-refractivity contribution in [1.29, 1.82) is 0 Å². The number of hydrogen-bond acceptors (Lipinski definition) is 1. The van der Waals surface area contributed by atoms with E-state index in [1.54, 1.807) is 0 Å². The highest BCUT2D eigenvalue weighted by atomic mass is 19.4. The van der Waals surface area contributed by atoms with Gasteiger partial charge < -0.3 is 4.90 Å². The van der Waals surface area contributed by atoms with Crippen molar-refractivity contribution in [3.8, 4) is 0 Å². The maximum Gasteiger partial charge on any atom is 0.463 e. The molecule has 0 aliphatic carbocycles. The number of nitrogens with zero attached hydrogens (tertiary/aromatic N) is 1. The van der Waals surface area contributed by atoms with Crippen molar-refractivity contribution >= 4 is 5.91 Å². The Morgan fingerprint density at radius 3 is 2.13 bits per heavy atom. The van der Waals surface area contributed by atoms with Gasteiger partial charge in [0.05, 0.1) is 0 Å². The molecular weight excluding hydrogens is 221 g/mol. The van der Waals surface area contributed by atoms with Crippen LogP contribution < -0.4 is 0 Å². The van der Waals surface area contributed by atoms with Crippen molar-refractivity contribution < 1.29 is 26.7 Å². The molecule has 88 valence electrons. The van der Waals surface area contributed by atoms with Crippen LogP contribution in [0, 0.1) is 0 Å². The minimum atomic E-state index is -5.81. The van der Waals surface area contributed by atoms with Gasteiger partial charge in [0.1, 0.15) is 0 Å².